The van der Waals surface area contributed by atoms with Crippen LogP contribution in [-0.2, 0) is 13.3 Å². The van der Waals surface area contributed by atoms with Gasteiger partial charge in [-0.15, -0.1) is 15.1 Å². The summed E-state index contributed by atoms with van der Waals surface area (Å²) in [6.07, 6.45) is 0. The highest BCUT2D eigenvalue weighted by Crippen LogP contribution is 2.53. The standard InChI is InChI=1S/C130H96N4P2/c1-135-127(109-56-80-123(81-57-109)131(115-64-40-100(41-65-115)93-22-9-3-10-23-93)116-66-42-101(43-67-116)94-24-11-4-12-25-94)88-89-129(135)111-60-84-125(85-61-111)133(119-72-48-104(49-73-119)97-30-17-7-18-31-97)121-76-52-106(53-77-121)99-36-38-107(39-37-99)113-34-21-35-114(92-113)108-54-78-122(79-55-108)134(120-74-50-105(51-75-120)98-32-19-8-20-33-98)126-86-62-112(63-87-126)130-91-90-128(136(130)2)110-58-82-124(83-59-110)132(117-68-44-102(45-69-117)95-26-13-5-14-27-95)118-70-46-103(47-71-118)96-28-15-6-16-29-96/h3-92H,1-2H3. The normalized spacial score (nSPS) is 11.4. The third-order valence-electron chi connectivity index (χ3n) is 26.3. The van der Waals surface area contributed by atoms with E-state index in [4.69, 9.17) is 0 Å². The van der Waals surface area contributed by atoms with Gasteiger partial charge in [0.25, 0.3) is 0 Å². The molecule has 0 radical (unpaired) electrons. The minimum Gasteiger partial charge on any atom is -0.311 e. The fourth-order valence-corrected chi connectivity index (χ4v) is 22.9. The van der Waals surface area contributed by atoms with Crippen LogP contribution in [0, 0.1) is 0 Å². The Morgan fingerprint density at radius 1 is 0.103 bits per heavy atom. The molecule has 0 aliphatic rings. The molecule has 0 bridgehead atoms. The highest BCUT2D eigenvalue weighted by Gasteiger charge is 2.23. The van der Waals surface area contributed by atoms with Crippen LogP contribution in [0.1, 0.15) is 0 Å². The van der Waals surface area contributed by atoms with Crippen LogP contribution in [0.5, 0.6) is 0 Å². The van der Waals surface area contributed by atoms with E-state index in [-0.39, 0.29) is 0 Å². The predicted octanol–water partition coefficient (Wildman–Crippen LogP) is 38.3. The van der Waals surface area contributed by atoms with Crippen molar-refractivity contribution in [3.05, 3.63) is 546 Å². The molecule has 0 amide bonds. The third kappa shape index (κ3) is 17.9. The summed E-state index contributed by atoms with van der Waals surface area (Å²) in [4.78, 5) is 9.49. The minimum atomic E-state index is -0.652. The van der Waals surface area contributed by atoms with Gasteiger partial charge in [-0.1, -0.05) is 370 Å². The molecule has 2 heterocycles. The van der Waals surface area contributed by atoms with Crippen molar-refractivity contribution in [1.29, 1.82) is 0 Å². The minimum absolute atomic E-state index is 0.650. The molecule has 2 unspecified atom stereocenters. The van der Waals surface area contributed by atoms with Gasteiger partial charge in [0.1, 0.15) is 0 Å². The van der Waals surface area contributed by atoms with Crippen LogP contribution in [0.15, 0.2) is 546 Å². The van der Waals surface area contributed by atoms with Crippen LogP contribution in [0.3, 0.4) is 0 Å². The number of hydrogen-bond acceptors (Lipinski definition) is 4. The maximum Gasteiger partial charge on any atom is 0.0462 e. The van der Waals surface area contributed by atoms with E-state index in [0.717, 1.165) is 102 Å². The number of hydrogen-bond donors (Lipinski definition) is 0. The first-order chi connectivity index (χ1) is 67.2. The van der Waals surface area contributed by atoms with Crippen molar-refractivity contribution in [2.45, 2.75) is 0 Å². The smallest absolute Gasteiger partial charge is 0.0462 e. The predicted molar refractivity (Wildman–Crippen MR) is 583 cm³/mol. The summed E-state index contributed by atoms with van der Waals surface area (Å²) in [7, 11) is -1.30. The van der Waals surface area contributed by atoms with Crippen molar-refractivity contribution < 1.29 is 0 Å². The number of nitrogens with zero attached hydrogens (tertiary/aromatic N) is 4. The van der Waals surface area contributed by atoms with Crippen LogP contribution in [-0.4, -0.2) is 0 Å². The van der Waals surface area contributed by atoms with E-state index in [1.165, 1.54) is 110 Å². The van der Waals surface area contributed by atoms with Gasteiger partial charge in [-0.2, -0.15) is 0 Å². The summed E-state index contributed by atoms with van der Waals surface area (Å²) in [6, 6.07) is 200. The lowest BCUT2D eigenvalue weighted by atomic mass is 9.97. The number of benzene rings is 20. The molecule has 0 saturated carbocycles. The number of rotatable bonds is 25. The van der Waals surface area contributed by atoms with Crippen LogP contribution >= 0.6 is 15.1 Å². The van der Waals surface area contributed by atoms with Gasteiger partial charge in [0.2, 0.25) is 0 Å². The van der Waals surface area contributed by atoms with Crippen molar-refractivity contribution in [3.8, 4) is 144 Å². The Morgan fingerprint density at radius 2 is 0.213 bits per heavy atom. The van der Waals surface area contributed by atoms with E-state index in [1.54, 1.807) is 0 Å². The van der Waals surface area contributed by atoms with Gasteiger partial charge in [0, 0.05) is 89.4 Å². The third-order valence-corrected chi connectivity index (χ3v) is 30.8. The maximum atomic E-state index is 2.41. The molecule has 22 rings (SSSR count). The SMILES string of the molecule is Cp1c(-c2ccc(N(c3ccc(-c4ccccc4)cc3)c3ccc(-c4ccccc4)cc3)cc2)ccc1-c1ccc(N(c2ccc(-c3ccccc3)cc2)c2ccc(-c3ccc(-c4cccc(-c5ccc(N(c6ccc(-c7ccccc7)cc6)c6ccc(-c7ccc(-c8ccc(N(c9ccc(-c%10ccccc%10)cc9)c9ccc(-c%10ccccc%10)cc9)cc8)p7C)cc6)cc5)c4)cc3)cc2)cc1. The van der Waals surface area contributed by atoms with E-state index in [0.29, 0.717) is 0 Å². The largest absolute Gasteiger partial charge is 0.311 e. The Balaban J connectivity index is 0.498. The Kier molecular flexibility index (Phi) is 24.0. The highest BCUT2D eigenvalue weighted by atomic mass is 31.1. The first-order valence-corrected chi connectivity index (χ1v) is 50.1. The molecule has 2 aromatic heterocycles. The molecule has 22 aromatic rings. The summed E-state index contributed by atoms with van der Waals surface area (Å²) in [5.41, 5.74) is 39.3. The second kappa shape index (κ2) is 38.5. The van der Waals surface area contributed by atoms with Crippen molar-refractivity contribution in [1.82, 2.24) is 0 Å². The second-order valence-electron chi connectivity index (χ2n) is 34.6. The maximum absolute atomic E-state index is 2.41. The molecule has 0 N–H and O–H groups in total. The van der Waals surface area contributed by atoms with Crippen molar-refractivity contribution in [2.75, 3.05) is 19.6 Å². The molecular formula is C130H96N4P2. The number of anilines is 12. The molecule has 20 aromatic carbocycles. The van der Waals surface area contributed by atoms with Crippen LogP contribution in [0.2, 0.25) is 0 Å². The molecule has 4 nitrogen and oxygen atoms in total. The van der Waals surface area contributed by atoms with Crippen LogP contribution in [0.25, 0.3) is 144 Å². The van der Waals surface area contributed by atoms with E-state index in [9.17, 15) is 0 Å². The van der Waals surface area contributed by atoms with Gasteiger partial charge >= 0.3 is 0 Å². The topological polar surface area (TPSA) is 13.0 Å². The average Bonchev–Trinajstić information content (AvgIpc) is 0.887. The first-order valence-electron chi connectivity index (χ1n) is 46.5. The molecular weight excluding hydrogens is 1680 g/mol. The van der Waals surface area contributed by atoms with Gasteiger partial charge in [-0.3, -0.25) is 0 Å². The van der Waals surface area contributed by atoms with Gasteiger partial charge in [0.05, 0.1) is 0 Å². The zero-order valence-corrected chi connectivity index (χ0v) is 77.4. The van der Waals surface area contributed by atoms with E-state index in [1.807, 2.05) is 0 Å². The van der Waals surface area contributed by atoms with Crippen molar-refractivity contribution >= 4 is 83.3 Å². The molecule has 0 saturated heterocycles. The summed E-state index contributed by atoms with van der Waals surface area (Å²) in [5.74, 6) is 0. The highest BCUT2D eigenvalue weighted by molar-refractivity contribution is 7.55. The fourth-order valence-electron chi connectivity index (χ4n) is 19.0. The zero-order valence-electron chi connectivity index (χ0n) is 75.6. The Bertz CT molecular complexity index is 7630. The van der Waals surface area contributed by atoms with Gasteiger partial charge in [-0.25, -0.2) is 0 Å². The van der Waals surface area contributed by atoms with Gasteiger partial charge < -0.3 is 19.6 Å². The van der Waals surface area contributed by atoms with Crippen molar-refractivity contribution in [2.24, 2.45) is 13.3 Å². The summed E-state index contributed by atoms with van der Waals surface area (Å²) in [5, 5.41) is 5.46. The molecule has 0 aliphatic heterocycles. The second-order valence-corrected chi connectivity index (χ2v) is 38.7. The molecule has 0 fully saturated rings. The summed E-state index contributed by atoms with van der Waals surface area (Å²) < 4.78 is 0. The lowest BCUT2D eigenvalue weighted by Gasteiger charge is -2.26. The molecule has 0 aliphatic carbocycles. The van der Waals surface area contributed by atoms with E-state index < -0.39 is 15.1 Å². The summed E-state index contributed by atoms with van der Waals surface area (Å²) >= 11 is 0. The molecule has 2 atom stereocenters. The molecule has 136 heavy (non-hydrogen) atoms. The molecule has 6 heteroatoms. The van der Waals surface area contributed by atoms with Crippen molar-refractivity contribution in [3.63, 3.8) is 0 Å². The fraction of sp³-hybridized carbons (Fsp3) is 0.0154. The quantitative estimate of drug-likeness (QED) is 0.0565. The van der Waals surface area contributed by atoms with Crippen LogP contribution < -0.4 is 19.6 Å². The monoisotopic (exact) mass is 1770 g/mol. The van der Waals surface area contributed by atoms with Gasteiger partial charge in [0.15, 0.2) is 0 Å². The molecule has 0 spiro atoms. The Labute approximate surface area is 800 Å². The Hall–Kier alpha value is -16.8. The van der Waals surface area contributed by atoms with E-state index in [2.05, 4.69) is 579 Å². The Morgan fingerprint density at radius 3 is 0.360 bits per heavy atom. The molecule has 646 valence electrons. The lowest BCUT2D eigenvalue weighted by molar-refractivity contribution is 1.28. The zero-order chi connectivity index (χ0) is 91.0. The average molecular weight is 1780 g/mol. The van der Waals surface area contributed by atoms with Gasteiger partial charge in [-0.05, 0) is 312 Å². The lowest BCUT2D eigenvalue weighted by Crippen LogP contribution is -2.09. The van der Waals surface area contributed by atoms with E-state index >= 15 is 0 Å². The first kappa shape index (κ1) is 84.7. The van der Waals surface area contributed by atoms with Crippen LogP contribution in [0.4, 0.5) is 68.2 Å². The summed E-state index contributed by atoms with van der Waals surface area (Å²) in [6.45, 7) is 4.81.